The Hall–Kier alpha value is -0.430. The number of rotatable bonds is 12. The molecule has 1 aromatic heterocycles. The van der Waals surface area contributed by atoms with E-state index in [1.807, 2.05) is 13.0 Å². The molecule has 0 aromatic carbocycles. The predicted molar refractivity (Wildman–Crippen MR) is 105 cm³/mol. The maximum Gasteiger partial charge on any atom is 0.318 e. The number of aromatic nitrogens is 2. The molecular weight excluding hydrogens is 365 g/mol. The summed E-state index contributed by atoms with van der Waals surface area (Å²) >= 11 is 2.74. The Morgan fingerprint density at radius 1 is 1.17 bits per heavy atom. The molecule has 0 N–H and O–H groups in total. The SMILES string of the molecule is CCCSP(=O)(OCC)SCc1cc(N(CC)CC)nc(OC)n1. The highest BCUT2D eigenvalue weighted by atomic mass is 33.1. The minimum atomic E-state index is -2.76. The molecule has 0 aliphatic carbocycles. The Balaban J connectivity index is 2.92. The topological polar surface area (TPSA) is 64.5 Å². The van der Waals surface area contributed by atoms with Crippen LogP contribution in [0.25, 0.3) is 0 Å². The van der Waals surface area contributed by atoms with Gasteiger partial charge in [-0.2, -0.15) is 9.97 Å². The zero-order valence-electron chi connectivity index (χ0n) is 15.2. The molecule has 1 heterocycles. The highest BCUT2D eigenvalue weighted by Gasteiger charge is 2.24. The molecule has 0 aliphatic rings. The Bertz CT molecular complexity index is 545. The van der Waals surface area contributed by atoms with Crippen molar-refractivity contribution in [2.24, 2.45) is 0 Å². The lowest BCUT2D eigenvalue weighted by Crippen LogP contribution is -2.23. The molecule has 0 saturated heterocycles. The fraction of sp³-hybridized carbons (Fsp3) is 0.733. The van der Waals surface area contributed by atoms with Gasteiger partial charge < -0.3 is 14.2 Å². The van der Waals surface area contributed by atoms with E-state index in [0.717, 1.165) is 36.8 Å². The van der Waals surface area contributed by atoms with E-state index in [2.05, 4.69) is 35.6 Å². The van der Waals surface area contributed by atoms with Crippen LogP contribution in [0.2, 0.25) is 0 Å². The van der Waals surface area contributed by atoms with Gasteiger partial charge >= 0.3 is 11.8 Å². The summed E-state index contributed by atoms with van der Waals surface area (Å²) in [6.07, 6.45) is 0.968. The summed E-state index contributed by atoms with van der Waals surface area (Å²) < 4.78 is 23.6. The van der Waals surface area contributed by atoms with Gasteiger partial charge in [0.25, 0.3) is 0 Å². The molecule has 0 fully saturated rings. The molecular formula is C15H28N3O3PS2. The van der Waals surface area contributed by atoms with Crippen LogP contribution in [-0.4, -0.2) is 42.5 Å². The van der Waals surface area contributed by atoms with Crippen molar-refractivity contribution >= 4 is 34.4 Å². The van der Waals surface area contributed by atoms with Gasteiger partial charge in [-0.15, -0.1) is 0 Å². The molecule has 6 nitrogen and oxygen atoms in total. The van der Waals surface area contributed by atoms with Crippen molar-refractivity contribution in [3.63, 3.8) is 0 Å². The van der Waals surface area contributed by atoms with Gasteiger partial charge in [0.15, 0.2) is 0 Å². The van der Waals surface area contributed by atoms with Crippen molar-refractivity contribution in [2.45, 2.75) is 39.9 Å². The Morgan fingerprint density at radius 2 is 1.88 bits per heavy atom. The summed E-state index contributed by atoms with van der Waals surface area (Å²) in [6, 6.07) is 2.27. The fourth-order valence-corrected chi connectivity index (χ4v) is 8.55. The second kappa shape index (κ2) is 11.2. The summed E-state index contributed by atoms with van der Waals surface area (Å²) in [6.45, 7) is 10.2. The molecule has 0 saturated carbocycles. The van der Waals surface area contributed by atoms with Gasteiger partial charge in [0.2, 0.25) is 0 Å². The van der Waals surface area contributed by atoms with E-state index in [0.29, 0.717) is 18.4 Å². The van der Waals surface area contributed by atoms with Gasteiger partial charge in [-0.3, -0.25) is 4.57 Å². The summed E-state index contributed by atoms with van der Waals surface area (Å²) in [4.78, 5) is 10.9. The number of methoxy groups -OCH3 is 1. The summed E-state index contributed by atoms with van der Waals surface area (Å²) in [5, 5.41) is 0. The van der Waals surface area contributed by atoms with Crippen LogP contribution in [0, 0.1) is 0 Å². The van der Waals surface area contributed by atoms with Gasteiger partial charge in [-0.05, 0) is 27.2 Å². The Labute approximate surface area is 153 Å². The minimum absolute atomic E-state index is 0.336. The standard InChI is InChI=1S/C15H28N3O3PS2/c1-6-10-23-22(19,21-9-4)24-12-13-11-14(18(7-2)8-3)17-15(16-13)20-5/h11H,6-10,12H2,1-5H3. The van der Waals surface area contributed by atoms with Crippen molar-refractivity contribution in [3.8, 4) is 6.01 Å². The first kappa shape index (κ1) is 21.6. The third-order valence-electron chi connectivity index (χ3n) is 3.13. The summed E-state index contributed by atoms with van der Waals surface area (Å²) in [5.74, 6) is -0.608. The highest BCUT2D eigenvalue weighted by molar-refractivity contribution is 8.89. The first-order valence-corrected chi connectivity index (χ1v) is 13.0. The Kier molecular flexibility index (Phi) is 10.1. The predicted octanol–water partition coefficient (Wildman–Crippen LogP) is 4.85. The van der Waals surface area contributed by atoms with E-state index >= 15 is 0 Å². The lowest BCUT2D eigenvalue weighted by molar-refractivity contribution is 0.357. The molecule has 1 atom stereocenters. The van der Waals surface area contributed by atoms with Crippen LogP contribution in [0.15, 0.2) is 6.07 Å². The van der Waals surface area contributed by atoms with Crippen LogP contribution < -0.4 is 9.64 Å². The van der Waals surface area contributed by atoms with Crippen molar-refractivity contribution in [1.82, 2.24) is 9.97 Å². The van der Waals surface area contributed by atoms with E-state index in [4.69, 9.17) is 9.26 Å². The molecule has 0 amide bonds. The molecule has 1 rings (SSSR count). The minimum Gasteiger partial charge on any atom is -0.467 e. The molecule has 0 bridgehead atoms. The summed E-state index contributed by atoms with van der Waals surface area (Å²) in [7, 11) is 1.56. The second-order valence-corrected chi connectivity index (χ2v) is 12.3. The molecule has 0 radical (unpaired) electrons. The van der Waals surface area contributed by atoms with Crippen LogP contribution in [0.3, 0.4) is 0 Å². The molecule has 9 heteroatoms. The van der Waals surface area contributed by atoms with E-state index in [1.54, 1.807) is 7.11 Å². The maximum atomic E-state index is 12.8. The van der Waals surface area contributed by atoms with Gasteiger partial charge in [0, 0.05) is 30.7 Å². The second-order valence-electron chi connectivity index (χ2n) is 4.85. The smallest absolute Gasteiger partial charge is 0.318 e. The first-order valence-electron chi connectivity index (χ1n) is 8.22. The third-order valence-corrected chi connectivity index (χ3v) is 10.7. The quantitative estimate of drug-likeness (QED) is 0.467. The number of hydrogen-bond donors (Lipinski definition) is 0. The van der Waals surface area contributed by atoms with E-state index in [9.17, 15) is 4.57 Å². The average Bonchev–Trinajstić information content (AvgIpc) is 2.59. The largest absolute Gasteiger partial charge is 0.467 e. The number of ether oxygens (including phenoxy) is 1. The van der Waals surface area contributed by atoms with E-state index in [1.165, 1.54) is 22.8 Å². The molecule has 1 unspecified atom stereocenters. The zero-order chi connectivity index (χ0) is 18.0. The number of hydrogen-bond acceptors (Lipinski definition) is 8. The van der Waals surface area contributed by atoms with Gasteiger partial charge in [-0.25, -0.2) is 0 Å². The van der Waals surface area contributed by atoms with Crippen LogP contribution >= 0.6 is 28.5 Å². The highest BCUT2D eigenvalue weighted by Crippen LogP contribution is 2.70. The van der Waals surface area contributed by atoms with Crippen LogP contribution in [-0.2, 0) is 14.8 Å². The zero-order valence-corrected chi connectivity index (χ0v) is 17.7. The van der Waals surface area contributed by atoms with Gasteiger partial charge in [0.05, 0.1) is 19.4 Å². The van der Waals surface area contributed by atoms with Crippen LogP contribution in [0.1, 0.15) is 39.8 Å². The first-order chi connectivity index (χ1) is 11.5. The van der Waals surface area contributed by atoms with Crippen molar-refractivity contribution in [1.29, 1.82) is 0 Å². The molecule has 0 aliphatic heterocycles. The van der Waals surface area contributed by atoms with Gasteiger partial charge in [-0.1, -0.05) is 29.7 Å². The molecule has 1 aromatic rings. The third kappa shape index (κ3) is 6.82. The fourth-order valence-electron chi connectivity index (χ4n) is 1.95. The average molecular weight is 394 g/mol. The van der Waals surface area contributed by atoms with Crippen molar-refractivity contribution in [2.75, 3.05) is 37.5 Å². The Morgan fingerprint density at radius 3 is 2.42 bits per heavy atom. The number of nitrogens with zero attached hydrogens (tertiary/aromatic N) is 3. The monoisotopic (exact) mass is 393 g/mol. The molecule has 138 valence electrons. The molecule has 24 heavy (non-hydrogen) atoms. The van der Waals surface area contributed by atoms with Crippen LogP contribution in [0.5, 0.6) is 6.01 Å². The normalized spacial score (nSPS) is 13.5. The number of anilines is 1. The van der Waals surface area contributed by atoms with Crippen molar-refractivity contribution in [3.05, 3.63) is 11.8 Å². The molecule has 0 spiro atoms. The van der Waals surface area contributed by atoms with Crippen LogP contribution in [0.4, 0.5) is 5.82 Å². The van der Waals surface area contributed by atoms with E-state index < -0.39 is 5.77 Å². The maximum absolute atomic E-state index is 12.8. The lowest BCUT2D eigenvalue weighted by Gasteiger charge is -2.21. The van der Waals surface area contributed by atoms with E-state index in [-0.39, 0.29) is 0 Å². The summed E-state index contributed by atoms with van der Waals surface area (Å²) in [5.41, 5.74) is 0.797. The lowest BCUT2D eigenvalue weighted by atomic mass is 10.4. The van der Waals surface area contributed by atoms with Gasteiger partial charge in [0.1, 0.15) is 5.82 Å². The van der Waals surface area contributed by atoms with Crippen molar-refractivity contribution < 1.29 is 13.8 Å².